The first kappa shape index (κ1) is 47.8. The van der Waals surface area contributed by atoms with Gasteiger partial charge < -0.3 is 38.2 Å². The quantitative estimate of drug-likeness (QED) is 0.0999. The highest BCUT2D eigenvalue weighted by Crippen LogP contribution is 2.39. The Kier molecular flexibility index (Phi) is 16.4. The lowest BCUT2D eigenvalue weighted by Gasteiger charge is -2.48. The summed E-state index contributed by atoms with van der Waals surface area (Å²) in [5, 5.41) is 22.5. The fourth-order valence-corrected chi connectivity index (χ4v) is 8.16. The zero-order chi connectivity index (χ0) is 44.6. The smallest absolute Gasteiger partial charge is 0.338 e. The van der Waals surface area contributed by atoms with E-state index in [0.29, 0.717) is 19.5 Å². The van der Waals surface area contributed by atoms with Gasteiger partial charge in [-0.2, -0.15) is 0 Å². The summed E-state index contributed by atoms with van der Waals surface area (Å²) < 4.78 is 37.4. The largest absolute Gasteiger partial charge is 0.464 e. The molecule has 2 saturated heterocycles. The SMILES string of the molecule is CO[C@]1(C)C[C@@H](C)[C@H](OC(=O)c2ccc([N+](=O)[O-])cc2)[C@H](C)CN(C)CCOC(=O)[C@H](C)C(=O)[C@H](C)[C@H]1O[C@@H]1O[C@H](C)C[C@H](N(C)C)[C@H]1OC(=O)c1ccc([N+](=O)[O-])cc1. The molecule has 11 atom stereocenters. The number of Topliss-reactive ketones (excluding diaryl/α,β-unsaturated/α-hetero) is 1. The van der Waals surface area contributed by atoms with E-state index in [4.69, 9.17) is 28.4 Å². The number of benzene rings is 2. The van der Waals surface area contributed by atoms with Crippen molar-refractivity contribution in [3.8, 4) is 0 Å². The summed E-state index contributed by atoms with van der Waals surface area (Å²) in [7, 11) is 6.92. The number of rotatable bonds is 10. The summed E-state index contributed by atoms with van der Waals surface area (Å²) >= 11 is 0. The summed E-state index contributed by atoms with van der Waals surface area (Å²) in [5.41, 5.74) is -1.56. The van der Waals surface area contributed by atoms with Crippen LogP contribution in [0.3, 0.4) is 0 Å². The van der Waals surface area contributed by atoms with Gasteiger partial charge in [0.2, 0.25) is 0 Å². The molecule has 2 aliphatic heterocycles. The van der Waals surface area contributed by atoms with Gasteiger partial charge in [-0.25, -0.2) is 9.59 Å². The predicted octanol–water partition coefficient (Wildman–Crippen LogP) is 5.10. The molecule has 60 heavy (non-hydrogen) atoms. The third-order valence-electron chi connectivity index (χ3n) is 11.6. The van der Waals surface area contributed by atoms with Gasteiger partial charge in [-0.15, -0.1) is 0 Å². The second-order valence-electron chi connectivity index (χ2n) is 16.5. The van der Waals surface area contributed by atoms with E-state index >= 15 is 0 Å². The lowest BCUT2D eigenvalue weighted by atomic mass is 9.76. The van der Waals surface area contributed by atoms with Gasteiger partial charge in [-0.3, -0.25) is 29.8 Å². The number of nitrogens with zero attached hydrogens (tertiary/aromatic N) is 4. The highest BCUT2D eigenvalue weighted by molar-refractivity contribution is 6.00. The van der Waals surface area contributed by atoms with Gasteiger partial charge >= 0.3 is 17.9 Å². The molecule has 0 aromatic heterocycles. The van der Waals surface area contributed by atoms with E-state index in [1.165, 1.54) is 62.6 Å². The first-order valence-electron chi connectivity index (χ1n) is 20.0. The molecule has 0 aliphatic carbocycles. The Morgan fingerprint density at radius 1 is 0.850 bits per heavy atom. The monoisotopic (exact) mass is 842 g/mol. The van der Waals surface area contributed by atoms with Crippen LogP contribution in [0.25, 0.3) is 0 Å². The number of hydrogen-bond donors (Lipinski definition) is 0. The molecule has 2 aromatic carbocycles. The van der Waals surface area contributed by atoms with E-state index < -0.39 is 93.6 Å². The first-order chi connectivity index (χ1) is 28.2. The molecule has 0 amide bonds. The van der Waals surface area contributed by atoms with Crippen LogP contribution in [0.4, 0.5) is 11.4 Å². The van der Waals surface area contributed by atoms with Gasteiger partial charge in [0.15, 0.2) is 18.2 Å². The number of non-ortho nitro benzene ring substituents is 2. The van der Waals surface area contributed by atoms with Crippen molar-refractivity contribution < 1.29 is 57.4 Å². The van der Waals surface area contributed by atoms with E-state index in [0.717, 1.165) is 0 Å². The Labute approximate surface area is 350 Å². The normalized spacial score (nSPS) is 31.3. The topological polar surface area (TPSA) is 216 Å². The summed E-state index contributed by atoms with van der Waals surface area (Å²) in [6.07, 6.45) is -4.12. The Bertz CT molecular complexity index is 1840. The second-order valence-corrected chi connectivity index (χ2v) is 16.5. The number of carbonyl (C=O) groups excluding carboxylic acids is 4. The van der Waals surface area contributed by atoms with Crippen molar-refractivity contribution in [2.24, 2.45) is 23.7 Å². The Morgan fingerprint density at radius 3 is 1.85 bits per heavy atom. The van der Waals surface area contributed by atoms with Crippen LogP contribution in [0.2, 0.25) is 0 Å². The highest BCUT2D eigenvalue weighted by atomic mass is 16.7. The number of ketones is 1. The third-order valence-corrected chi connectivity index (χ3v) is 11.6. The van der Waals surface area contributed by atoms with E-state index in [1.54, 1.807) is 13.8 Å². The molecule has 18 nitrogen and oxygen atoms in total. The molecular formula is C42H58N4O14. The maximum absolute atomic E-state index is 14.3. The molecule has 2 heterocycles. The van der Waals surface area contributed by atoms with Crippen LogP contribution >= 0.6 is 0 Å². The van der Waals surface area contributed by atoms with Crippen molar-refractivity contribution in [3.63, 3.8) is 0 Å². The fourth-order valence-electron chi connectivity index (χ4n) is 8.16. The standard InChI is InChI=1S/C42H58N4O14/c1-24-22-42(6,55-10)37(60-41-36(33(43(7)8)21-26(3)57-41)59-40(50)30-13-17-32(18-14-30)46(53)54)27(4)34(47)28(5)38(48)56-20-19-44(9)23-25(2)35(24)58-39(49)29-11-15-31(16-12-29)45(51)52/h11-18,24-28,33,35-37,41H,19-23H2,1-10H3/t24-,25-,26-,27+,28-,33+,35+,36-,37-,41+,42-/m1/s1. The number of nitro benzene ring substituents is 2. The molecule has 0 spiro atoms. The van der Waals surface area contributed by atoms with Gasteiger partial charge in [0, 0.05) is 56.3 Å². The Balaban J connectivity index is 1.77. The lowest BCUT2D eigenvalue weighted by Crippen LogP contribution is -2.60. The zero-order valence-corrected chi connectivity index (χ0v) is 35.9. The molecule has 0 N–H and O–H groups in total. The second kappa shape index (κ2) is 20.6. The molecule has 0 unspecified atom stereocenters. The number of methoxy groups -OCH3 is 1. The van der Waals surface area contributed by atoms with Crippen LogP contribution in [0.5, 0.6) is 0 Å². The molecule has 18 heteroatoms. The minimum absolute atomic E-state index is 0.00585. The molecule has 2 fully saturated rings. The van der Waals surface area contributed by atoms with Crippen molar-refractivity contribution in [2.45, 2.75) is 96.7 Å². The van der Waals surface area contributed by atoms with Crippen LogP contribution in [-0.2, 0) is 38.0 Å². The minimum Gasteiger partial charge on any atom is -0.464 e. The number of hydrogen-bond acceptors (Lipinski definition) is 16. The minimum atomic E-state index is -1.35. The Hall–Kier alpha value is -4.88. The molecule has 0 bridgehead atoms. The van der Waals surface area contributed by atoms with E-state index in [9.17, 15) is 39.4 Å². The molecule has 330 valence electrons. The number of esters is 3. The van der Waals surface area contributed by atoms with E-state index in [2.05, 4.69) is 0 Å². The van der Waals surface area contributed by atoms with Crippen LogP contribution in [0.15, 0.2) is 48.5 Å². The van der Waals surface area contributed by atoms with Gasteiger partial charge in [-0.05, 0) is 84.9 Å². The third kappa shape index (κ3) is 11.7. The van der Waals surface area contributed by atoms with Crippen molar-refractivity contribution in [1.29, 1.82) is 0 Å². The van der Waals surface area contributed by atoms with Crippen molar-refractivity contribution in [1.82, 2.24) is 9.80 Å². The van der Waals surface area contributed by atoms with Gasteiger partial charge in [0.05, 0.1) is 44.8 Å². The Morgan fingerprint density at radius 2 is 1.37 bits per heavy atom. The van der Waals surface area contributed by atoms with Gasteiger partial charge in [-0.1, -0.05) is 20.8 Å². The summed E-state index contributed by atoms with van der Waals surface area (Å²) in [6, 6.07) is 9.65. The predicted molar refractivity (Wildman–Crippen MR) is 216 cm³/mol. The van der Waals surface area contributed by atoms with Crippen LogP contribution in [0, 0.1) is 43.9 Å². The summed E-state index contributed by atoms with van der Waals surface area (Å²) in [6.45, 7) is 11.2. The highest BCUT2D eigenvalue weighted by Gasteiger charge is 2.51. The van der Waals surface area contributed by atoms with Crippen molar-refractivity contribution in [3.05, 3.63) is 79.9 Å². The number of carbonyl (C=O) groups is 4. The molecule has 0 radical (unpaired) electrons. The lowest BCUT2D eigenvalue weighted by molar-refractivity contribution is -0.385. The van der Waals surface area contributed by atoms with E-state index in [-0.39, 0.29) is 41.4 Å². The van der Waals surface area contributed by atoms with Crippen molar-refractivity contribution >= 4 is 35.1 Å². The fraction of sp³-hybridized carbons (Fsp3) is 0.619. The number of ether oxygens (including phenoxy) is 6. The van der Waals surface area contributed by atoms with Crippen LogP contribution in [-0.4, -0.2) is 134 Å². The summed E-state index contributed by atoms with van der Waals surface area (Å²) in [4.78, 5) is 80.1. The number of cyclic esters (lactones) is 1. The van der Waals surface area contributed by atoms with Crippen LogP contribution < -0.4 is 0 Å². The molecule has 2 aliphatic rings. The number of likely N-dealkylation sites (N-methyl/N-ethyl adjacent to an activating group) is 2. The van der Waals surface area contributed by atoms with Gasteiger partial charge in [0.1, 0.15) is 18.6 Å². The first-order valence-corrected chi connectivity index (χ1v) is 20.0. The maximum atomic E-state index is 14.3. The average Bonchev–Trinajstić information content (AvgIpc) is 3.20. The van der Waals surface area contributed by atoms with Crippen LogP contribution in [0.1, 0.15) is 75.1 Å². The van der Waals surface area contributed by atoms with Gasteiger partial charge in [0.25, 0.3) is 11.4 Å². The number of nitro groups is 2. The van der Waals surface area contributed by atoms with E-state index in [1.807, 2.05) is 51.7 Å². The molecule has 2 aromatic rings. The average molecular weight is 843 g/mol. The van der Waals surface area contributed by atoms with Crippen molar-refractivity contribution in [2.75, 3.05) is 47.9 Å². The molecule has 4 rings (SSSR count). The maximum Gasteiger partial charge on any atom is 0.338 e. The zero-order valence-electron chi connectivity index (χ0n) is 35.9. The molecule has 0 saturated carbocycles. The summed E-state index contributed by atoms with van der Waals surface area (Å²) in [5.74, 6) is -5.68. The molecular weight excluding hydrogens is 784 g/mol.